The van der Waals surface area contributed by atoms with E-state index in [1.165, 1.54) is 0 Å². The van der Waals surface area contributed by atoms with Gasteiger partial charge in [0.2, 0.25) is 0 Å². The van der Waals surface area contributed by atoms with Gasteiger partial charge >= 0.3 is 0 Å². The molecular weight excluding hydrogens is 290 g/mol. The molecule has 2 aromatic rings. The lowest BCUT2D eigenvalue weighted by Crippen LogP contribution is -2.27. The first-order valence-electron chi connectivity index (χ1n) is 8.38. The predicted octanol–water partition coefficient (Wildman–Crippen LogP) is 2.04. The Morgan fingerprint density at radius 1 is 1.35 bits per heavy atom. The molecule has 7 heteroatoms. The summed E-state index contributed by atoms with van der Waals surface area (Å²) < 4.78 is 1.90. The highest BCUT2D eigenvalue weighted by Crippen LogP contribution is 2.26. The fourth-order valence-electron chi connectivity index (χ4n) is 3.13. The van der Waals surface area contributed by atoms with Crippen LogP contribution in [0.3, 0.4) is 0 Å². The van der Waals surface area contributed by atoms with Crippen LogP contribution in [0, 0.1) is 6.92 Å². The first-order chi connectivity index (χ1) is 11.2. The van der Waals surface area contributed by atoms with Crippen LogP contribution < -0.4 is 10.6 Å². The molecule has 0 saturated carbocycles. The number of aromatic nitrogens is 5. The molecule has 1 atom stereocenters. The zero-order valence-electron chi connectivity index (χ0n) is 14.1. The first-order valence-corrected chi connectivity index (χ1v) is 8.38. The van der Waals surface area contributed by atoms with Gasteiger partial charge in [0.1, 0.15) is 23.8 Å². The molecule has 0 aliphatic carbocycles. The summed E-state index contributed by atoms with van der Waals surface area (Å²) in [6.45, 7) is 9.03. The Kier molecular flexibility index (Phi) is 4.85. The SMILES string of the molecule is CCn1ncnc1[C@H](C)Nc1cc(C2CCNCC2)nc(C)n1. The van der Waals surface area contributed by atoms with Crippen LogP contribution in [0.25, 0.3) is 0 Å². The van der Waals surface area contributed by atoms with Crippen molar-refractivity contribution >= 4 is 5.82 Å². The van der Waals surface area contributed by atoms with E-state index in [1.54, 1.807) is 6.33 Å². The van der Waals surface area contributed by atoms with E-state index in [0.717, 1.165) is 55.6 Å². The van der Waals surface area contributed by atoms with Crippen molar-refractivity contribution in [2.24, 2.45) is 0 Å². The Hall–Kier alpha value is -2.02. The molecule has 0 aromatic carbocycles. The number of anilines is 1. The van der Waals surface area contributed by atoms with Gasteiger partial charge in [-0.05, 0) is 46.7 Å². The highest BCUT2D eigenvalue weighted by atomic mass is 15.3. The lowest BCUT2D eigenvalue weighted by molar-refractivity contribution is 0.452. The third-order valence-electron chi connectivity index (χ3n) is 4.31. The second kappa shape index (κ2) is 7.04. The molecular formula is C16H25N7. The molecule has 1 aliphatic heterocycles. The number of nitrogens with one attached hydrogen (secondary N) is 2. The number of hydrogen-bond donors (Lipinski definition) is 2. The van der Waals surface area contributed by atoms with Gasteiger partial charge in [0, 0.05) is 24.2 Å². The fourth-order valence-corrected chi connectivity index (χ4v) is 3.13. The second-order valence-corrected chi connectivity index (χ2v) is 6.05. The number of rotatable bonds is 5. The Morgan fingerprint density at radius 2 is 2.13 bits per heavy atom. The van der Waals surface area contributed by atoms with Gasteiger partial charge in [0.05, 0.1) is 6.04 Å². The van der Waals surface area contributed by atoms with Gasteiger partial charge in [-0.3, -0.25) is 0 Å². The minimum absolute atomic E-state index is 0.0487. The average Bonchev–Trinajstić information content (AvgIpc) is 3.04. The summed E-state index contributed by atoms with van der Waals surface area (Å²) in [5.74, 6) is 3.12. The molecule has 0 amide bonds. The predicted molar refractivity (Wildman–Crippen MR) is 89.3 cm³/mol. The quantitative estimate of drug-likeness (QED) is 0.879. The van der Waals surface area contributed by atoms with Gasteiger partial charge in [0.25, 0.3) is 0 Å². The van der Waals surface area contributed by atoms with Crippen molar-refractivity contribution in [2.45, 2.75) is 52.1 Å². The van der Waals surface area contributed by atoms with Crippen molar-refractivity contribution in [3.63, 3.8) is 0 Å². The minimum atomic E-state index is 0.0487. The van der Waals surface area contributed by atoms with Gasteiger partial charge in [-0.1, -0.05) is 0 Å². The zero-order valence-corrected chi connectivity index (χ0v) is 14.1. The fraction of sp³-hybridized carbons (Fsp3) is 0.625. The van der Waals surface area contributed by atoms with Crippen LogP contribution in [-0.4, -0.2) is 37.8 Å². The average molecular weight is 315 g/mol. The van der Waals surface area contributed by atoms with Crippen LogP contribution in [0.15, 0.2) is 12.4 Å². The molecule has 2 N–H and O–H groups in total. The Balaban J connectivity index is 1.78. The molecule has 7 nitrogen and oxygen atoms in total. The molecule has 1 aliphatic rings. The van der Waals surface area contributed by atoms with Gasteiger partial charge < -0.3 is 10.6 Å². The maximum Gasteiger partial charge on any atom is 0.149 e. The van der Waals surface area contributed by atoms with Gasteiger partial charge in [-0.15, -0.1) is 0 Å². The number of aryl methyl sites for hydroxylation is 2. The molecule has 124 valence electrons. The summed E-state index contributed by atoms with van der Waals surface area (Å²) in [4.78, 5) is 13.5. The minimum Gasteiger partial charge on any atom is -0.360 e. The maximum absolute atomic E-state index is 4.65. The Labute approximate surface area is 136 Å². The summed E-state index contributed by atoms with van der Waals surface area (Å²) in [6.07, 6.45) is 3.87. The van der Waals surface area contributed by atoms with Crippen LogP contribution in [0.2, 0.25) is 0 Å². The van der Waals surface area contributed by atoms with Crippen LogP contribution in [0.5, 0.6) is 0 Å². The van der Waals surface area contributed by atoms with E-state index >= 15 is 0 Å². The van der Waals surface area contributed by atoms with Crippen molar-refractivity contribution in [2.75, 3.05) is 18.4 Å². The molecule has 23 heavy (non-hydrogen) atoms. The normalized spacial score (nSPS) is 17.2. The molecule has 0 radical (unpaired) electrons. The third-order valence-corrected chi connectivity index (χ3v) is 4.31. The van der Waals surface area contributed by atoms with Gasteiger partial charge in [0.15, 0.2) is 0 Å². The van der Waals surface area contributed by atoms with Crippen molar-refractivity contribution in [3.05, 3.63) is 29.7 Å². The summed E-state index contributed by atoms with van der Waals surface area (Å²) >= 11 is 0. The van der Waals surface area contributed by atoms with E-state index in [-0.39, 0.29) is 6.04 Å². The van der Waals surface area contributed by atoms with Crippen molar-refractivity contribution in [1.82, 2.24) is 30.0 Å². The molecule has 0 bridgehead atoms. The van der Waals surface area contributed by atoms with Crippen molar-refractivity contribution in [1.29, 1.82) is 0 Å². The molecule has 3 rings (SSSR count). The van der Waals surface area contributed by atoms with E-state index in [0.29, 0.717) is 5.92 Å². The van der Waals surface area contributed by atoms with Crippen LogP contribution >= 0.6 is 0 Å². The molecule has 0 unspecified atom stereocenters. The van der Waals surface area contributed by atoms with Crippen LogP contribution in [0.4, 0.5) is 5.82 Å². The first kappa shape index (κ1) is 15.9. The van der Waals surface area contributed by atoms with E-state index in [4.69, 9.17) is 0 Å². The Bertz CT molecular complexity index is 646. The molecule has 0 spiro atoms. The maximum atomic E-state index is 4.65. The summed E-state index contributed by atoms with van der Waals surface area (Å²) in [7, 11) is 0. The molecule has 1 saturated heterocycles. The van der Waals surface area contributed by atoms with E-state index in [1.807, 2.05) is 11.6 Å². The lowest BCUT2D eigenvalue weighted by Gasteiger charge is -2.23. The van der Waals surface area contributed by atoms with Gasteiger partial charge in [-0.2, -0.15) is 5.10 Å². The highest BCUT2D eigenvalue weighted by Gasteiger charge is 2.19. The van der Waals surface area contributed by atoms with Crippen LogP contribution in [-0.2, 0) is 6.54 Å². The Morgan fingerprint density at radius 3 is 2.87 bits per heavy atom. The van der Waals surface area contributed by atoms with E-state index < -0.39 is 0 Å². The summed E-state index contributed by atoms with van der Waals surface area (Å²) in [5, 5.41) is 11.1. The van der Waals surface area contributed by atoms with Crippen molar-refractivity contribution < 1.29 is 0 Å². The zero-order chi connectivity index (χ0) is 16.2. The summed E-state index contributed by atoms with van der Waals surface area (Å²) in [5.41, 5.74) is 1.14. The topological polar surface area (TPSA) is 80.5 Å². The van der Waals surface area contributed by atoms with E-state index in [9.17, 15) is 0 Å². The largest absolute Gasteiger partial charge is 0.360 e. The number of piperidine rings is 1. The number of nitrogens with zero attached hydrogens (tertiary/aromatic N) is 5. The second-order valence-electron chi connectivity index (χ2n) is 6.05. The van der Waals surface area contributed by atoms with Crippen LogP contribution in [0.1, 0.15) is 56.0 Å². The number of hydrogen-bond acceptors (Lipinski definition) is 6. The van der Waals surface area contributed by atoms with E-state index in [2.05, 4.69) is 50.6 Å². The monoisotopic (exact) mass is 315 g/mol. The highest BCUT2D eigenvalue weighted by molar-refractivity contribution is 5.39. The van der Waals surface area contributed by atoms with Crippen molar-refractivity contribution in [3.8, 4) is 0 Å². The molecule has 2 aromatic heterocycles. The third kappa shape index (κ3) is 3.67. The summed E-state index contributed by atoms with van der Waals surface area (Å²) in [6, 6.07) is 2.14. The standard InChI is InChI=1S/C16H25N7/c1-4-23-16(18-10-19-23)11(2)20-15-9-14(21-12(3)22-15)13-5-7-17-8-6-13/h9-11,13,17H,4-8H2,1-3H3,(H,20,21,22)/t11-/m0/s1. The molecule has 1 fully saturated rings. The smallest absolute Gasteiger partial charge is 0.149 e. The lowest BCUT2D eigenvalue weighted by atomic mass is 9.94. The molecule has 3 heterocycles. The van der Waals surface area contributed by atoms with Gasteiger partial charge in [-0.25, -0.2) is 19.6 Å².